The fourth-order valence-corrected chi connectivity index (χ4v) is 4.42. The van der Waals surface area contributed by atoms with Crippen LogP contribution in [-0.4, -0.2) is 27.3 Å². The SMILES string of the molecule is O=C(c1ccc2ncsc2c1)N1CCc2[nH]c3ccc(Cl)cc3c2C1. The average Bonchev–Trinajstić information content (AvgIpc) is 3.24. The van der Waals surface area contributed by atoms with Gasteiger partial charge in [-0.2, -0.15) is 0 Å². The number of hydrogen-bond acceptors (Lipinski definition) is 3. The number of hydrogen-bond donors (Lipinski definition) is 1. The van der Waals surface area contributed by atoms with E-state index in [1.165, 1.54) is 11.3 Å². The maximum Gasteiger partial charge on any atom is 0.254 e. The number of amides is 1. The van der Waals surface area contributed by atoms with Crippen molar-refractivity contribution in [3.63, 3.8) is 0 Å². The molecule has 2 aromatic heterocycles. The van der Waals surface area contributed by atoms with Crippen LogP contribution in [0.4, 0.5) is 0 Å². The molecule has 0 saturated heterocycles. The van der Waals surface area contributed by atoms with Gasteiger partial charge in [0.25, 0.3) is 5.91 Å². The van der Waals surface area contributed by atoms with E-state index in [1.54, 1.807) is 11.3 Å². The van der Waals surface area contributed by atoms with E-state index in [4.69, 9.17) is 11.6 Å². The van der Waals surface area contributed by atoms with Crippen LogP contribution in [0.15, 0.2) is 41.9 Å². The third kappa shape index (κ3) is 2.42. The molecule has 4 aromatic rings. The van der Waals surface area contributed by atoms with E-state index in [0.717, 1.165) is 33.1 Å². The molecule has 0 aliphatic carbocycles. The Kier molecular flexibility index (Phi) is 3.33. The average molecular weight is 368 g/mol. The van der Waals surface area contributed by atoms with Gasteiger partial charge in [0, 0.05) is 52.3 Å². The highest BCUT2D eigenvalue weighted by Gasteiger charge is 2.25. The van der Waals surface area contributed by atoms with Crippen LogP contribution in [0.1, 0.15) is 21.6 Å². The molecular weight excluding hydrogens is 354 g/mol. The Morgan fingerprint density at radius 3 is 3.08 bits per heavy atom. The van der Waals surface area contributed by atoms with Gasteiger partial charge < -0.3 is 9.88 Å². The number of benzene rings is 2. The number of thiazole rings is 1. The lowest BCUT2D eigenvalue weighted by Gasteiger charge is -2.27. The fourth-order valence-electron chi connectivity index (χ4n) is 3.53. The second-order valence-electron chi connectivity index (χ2n) is 6.28. The van der Waals surface area contributed by atoms with Crippen molar-refractivity contribution in [2.45, 2.75) is 13.0 Å². The van der Waals surface area contributed by atoms with Crippen LogP contribution in [0.5, 0.6) is 0 Å². The maximum absolute atomic E-state index is 13.0. The Balaban J connectivity index is 1.50. The largest absolute Gasteiger partial charge is 0.358 e. The van der Waals surface area contributed by atoms with Crippen LogP contribution in [0.3, 0.4) is 0 Å². The normalized spacial score (nSPS) is 14.2. The van der Waals surface area contributed by atoms with Crippen molar-refractivity contribution in [1.29, 1.82) is 0 Å². The minimum absolute atomic E-state index is 0.0670. The van der Waals surface area contributed by atoms with Gasteiger partial charge in [0.2, 0.25) is 0 Å². The zero-order chi connectivity index (χ0) is 17.0. The molecule has 25 heavy (non-hydrogen) atoms. The highest BCUT2D eigenvalue weighted by atomic mass is 35.5. The summed E-state index contributed by atoms with van der Waals surface area (Å²) in [6.07, 6.45) is 0.830. The van der Waals surface area contributed by atoms with E-state index >= 15 is 0 Å². The summed E-state index contributed by atoms with van der Waals surface area (Å²) in [7, 11) is 0. The number of rotatable bonds is 1. The van der Waals surface area contributed by atoms with Gasteiger partial charge in [-0.1, -0.05) is 11.6 Å². The van der Waals surface area contributed by atoms with Gasteiger partial charge >= 0.3 is 0 Å². The molecule has 3 heterocycles. The van der Waals surface area contributed by atoms with Crippen molar-refractivity contribution in [1.82, 2.24) is 14.9 Å². The van der Waals surface area contributed by atoms with Gasteiger partial charge in [0.15, 0.2) is 0 Å². The summed E-state index contributed by atoms with van der Waals surface area (Å²) >= 11 is 7.72. The molecule has 0 unspecified atom stereocenters. The van der Waals surface area contributed by atoms with Gasteiger partial charge in [0.1, 0.15) is 0 Å². The van der Waals surface area contributed by atoms with E-state index in [2.05, 4.69) is 9.97 Å². The van der Waals surface area contributed by atoms with Crippen LogP contribution < -0.4 is 0 Å². The number of nitrogens with one attached hydrogen (secondary N) is 1. The highest BCUT2D eigenvalue weighted by Crippen LogP contribution is 2.30. The second-order valence-corrected chi connectivity index (χ2v) is 7.61. The van der Waals surface area contributed by atoms with Crippen LogP contribution in [0, 0.1) is 0 Å². The molecule has 0 saturated carbocycles. The Hall–Kier alpha value is -2.37. The van der Waals surface area contributed by atoms with Gasteiger partial charge in [0.05, 0.1) is 15.7 Å². The lowest BCUT2D eigenvalue weighted by atomic mass is 10.0. The quantitative estimate of drug-likeness (QED) is 0.533. The van der Waals surface area contributed by atoms with Crippen LogP contribution in [-0.2, 0) is 13.0 Å². The monoisotopic (exact) mass is 367 g/mol. The molecule has 5 rings (SSSR count). The number of carbonyl (C=O) groups is 1. The molecule has 4 nitrogen and oxygen atoms in total. The zero-order valence-electron chi connectivity index (χ0n) is 13.3. The first-order valence-electron chi connectivity index (χ1n) is 8.10. The second kappa shape index (κ2) is 5.58. The number of fused-ring (bicyclic) bond motifs is 4. The predicted molar refractivity (Wildman–Crippen MR) is 101 cm³/mol. The molecular formula is C19H14ClN3OS. The molecule has 1 N–H and O–H groups in total. The molecule has 1 aliphatic heterocycles. The molecule has 0 fully saturated rings. The van der Waals surface area contributed by atoms with Crippen molar-refractivity contribution in [3.8, 4) is 0 Å². The van der Waals surface area contributed by atoms with E-state index in [0.29, 0.717) is 18.1 Å². The smallest absolute Gasteiger partial charge is 0.254 e. The van der Waals surface area contributed by atoms with E-state index in [1.807, 2.05) is 46.8 Å². The molecule has 0 radical (unpaired) electrons. The Morgan fingerprint density at radius 2 is 2.16 bits per heavy atom. The zero-order valence-corrected chi connectivity index (χ0v) is 14.8. The van der Waals surface area contributed by atoms with Gasteiger partial charge in [-0.15, -0.1) is 11.3 Å². The van der Waals surface area contributed by atoms with Gasteiger partial charge in [-0.3, -0.25) is 4.79 Å². The van der Waals surface area contributed by atoms with Crippen molar-refractivity contribution >= 4 is 50.0 Å². The van der Waals surface area contributed by atoms with E-state index in [9.17, 15) is 4.79 Å². The van der Waals surface area contributed by atoms with Crippen LogP contribution >= 0.6 is 22.9 Å². The number of carbonyl (C=O) groups excluding carboxylic acids is 1. The number of aromatic amines is 1. The summed E-state index contributed by atoms with van der Waals surface area (Å²) in [5, 5.41) is 1.83. The molecule has 0 spiro atoms. The van der Waals surface area contributed by atoms with Crippen molar-refractivity contribution < 1.29 is 4.79 Å². The number of H-pyrrole nitrogens is 1. The lowest BCUT2D eigenvalue weighted by Crippen LogP contribution is -2.35. The van der Waals surface area contributed by atoms with Crippen molar-refractivity contribution in [3.05, 3.63) is 63.8 Å². The number of halogens is 1. The topological polar surface area (TPSA) is 49.0 Å². The third-order valence-corrected chi connectivity index (χ3v) is 5.83. The number of nitrogens with zero attached hydrogens (tertiary/aromatic N) is 2. The van der Waals surface area contributed by atoms with Gasteiger partial charge in [-0.05, 0) is 36.4 Å². The van der Waals surface area contributed by atoms with E-state index < -0.39 is 0 Å². The fraction of sp³-hybridized carbons (Fsp3) is 0.158. The Labute approximate surface area is 153 Å². The van der Waals surface area contributed by atoms with Gasteiger partial charge in [-0.25, -0.2) is 4.98 Å². The molecule has 124 valence electrons. The third-order valence-electron chi connectivity index (χ3n) is 4.80. The molecule has 0 atom stereocenters. The lowest BCUT2D eigenvalue weighted by molar-refractivity contribution is 0.0735. The Bertz CT molecular complexity index is 1130. The summed E-state index contributed by atoms with van der Waals surface area (Å²) in [6.45, 7) is 1.32. The van der Waals surface area contributed by atoms with Crippen LogP contribution in [0.25, 0.3) is 21.1 Å². The predicted octanol–water partition coefficient (Wildman–Crippen LogP) is 4.63. The highest BCUT2D eigenvalue weighted by molar-refractivity contribution is 7.16. The molecule has 1 aliphatic rings. The first kappa shape index (κ1) is 14.9. The first-order valence-corrected chi connectivity index (χ1v) is 9.36. The minimum atomic E-state index is 0.0670. The standard InChI is InChI=1S/C19H14ClN3OS/c20-12-2-4-15-13(8-12)14-9-23(6-5-16(14)22-15)19(24)11-1-3-17-18(7-11)25-10-21-17/h1-4,7-8,10,22H,5-6,9H2. The van der Waals surface area contributed by atoms with Crippen molar-refractivity contribution in [2.24, 2.45) is 0 Å². The molecule has 2 aromatic carbocycles. The summed E-state index contributed by atoms with van der Waals surface area (Å²) in [4.78, 5) is 22.6. The molecule has 0 bridgehead atoms. The maximum atomic E-state index is 13.0. The van der Waals surface area contributed by atoms with E-state index in [-0.39, 0.29) is 5.91 Å². The first-order chi connectivity index (χ1) is 12.2. The summed E-state index contributed by atoms with van der Waals surface area (Å²) in [5.41, 5.74) is 6.93. The molecule has 6 heteroatoms. The molecule has 1 amide bonds. The minimum Gasteiger partial charge on any atom is -0.358 e. The number of aromatic nitrogens is 2. The Morgan fingerprint density at radius 1 is 1.24 bits per heavy atom. The van der Waals surface area contributed by atoms with Crippen molar-refractivity contribution in [2.75, 3.05) is 6.54 Å². The summed E-state index contributed by atoms with van der Waals surface area (Å²) < 4.78 is 1.04. The summed E-state index contributed by atoms with van der Waals surface area (Å²) in [5.74, 6) is 0.0670. The summed E-state index contributed by atoms with van der Waals surface area (Å²) in [6, 6.07) is 11.6. The van der Waals surface area contributed by atoms with Crippen LogP contribution in [0.2, 0.25) is 5.02 Å².